The number of dihydropyridines is 1. The van der Waals surface area contributed by atoms with E-state index in [0.29, 0.717) is 6.61 Å². The van der Waals surface area contributed by atoms with Gasteiger partial charge >= 0.3 is 0 Å². The maximum Gasteiger partial charge on any atom is 0.264 e. The number of rotatable bonds is 3. The Kier molecular flexibility index (Phi) is 3.60. The van der Waals surface area contributed by atoms with E-state index in [4.69, 9.17) is 4.74 Å². The van der Waals surface area contributed by atoms with Gasteiger partial charge in [-0.15, -0.1) is 11.8 Å². The maximum absolute atomic E-state index is 12.8. The smallest absolute Gasteiger partial charge is 0.264 e. The first-order valence-electron chi connectivity index (χ1n) is 8.87. The molecule has 1 unspecified atom stereocenters. The van der Waals surface area contributed by atoms with E-state index in [1.165, 1.54) is 12.0 Å². The summed E-state index contributed by atoms with van der Waals surface area (Å²) < 4.78 is 6.12. The lowest BCUT2D eigenvalue weighted by atomic mass is 9.88. The van der Waals surface area contributed by atoms with E-state index in [9.17, 15) is 4.79 Å². The number of allylic oxidation sites excluding steroid dienone is 1. The molecular formula is C18H20N4O2S. The van der Waals surface area contributed by atoms with Gasteiger partial charge in [-0.05, 0) is 31.8 Å². The fourth-order valence-corrected chi connectivity index (χ4v) is 5.25. The number of aliphatic imine (C=N–C) groups is 1. The largest absolute Gasteiger partial charge is 0.492 e. The number of hydrogen-bond acceptors (Lipinski definition) is 5. The summed E-state index contributed by atoms with van der Waals surface area (Å²) in [5.41, 5.74) is 4.25. The van der Waals surface area contributed by atoms with Crippen LogP contribution in [0.1, 0.15) is 31.7 Å². The van der Waals surface area contributed by atoms with Crippen molar-refractivity contribution in [3.63, 3.8) is 0 Å². The molecular weight excluding hydrogens is 336 g/mol. The number of amides is 1. The molecule has 0 bridgehead atoms. The highest BCUT2D eigenvalue weighted by molar-refractivity contribution is 8.10. The Bertz CT molecular complexity index is 820. The van der Waals surface area contributed by atoms with Gasteiger partial charge in [0.1, 0.15) is 11.0 Å². The third-order valence-corrected chi connectivity index (χ3v) is 6.78. The van der Waals surface area contributed by atoms with Gasteiger partial charge in [-0.3, -0.25) is 14.8 Å². The molecule has 4 aliphatic rings. The van der Waals surface area contributed by atoms with Crippen molar-refractivity contribution in [2.24, 2.45) is 4.99 Å². The second-order valence-electron chi connectivity index (χ2n) is 6.89. The molecule has 130 valence electrons. The number of hydrogen-bond donors (Lipinski definition) is 1. The van der Waals surface area contributed by atoms with Crippen molar-refractivity contribution in [1.29, 1.82) is 0 Å². The van der Waals surface area contributed by atoms with Crippen LogP contribution < -0.4 is 0 Å². The zero-order chi connectivity index (χ0) is 17.0. The van der Waals surface area contributed by atoms with Crippen molar-refractivity contribution < 1.29 is 9.53 Å². The van der Waals surface area contributed by atoms with Crippen LogP contribution in [0.4, 0.5) is 0 Å². The van der Waals surface area contributed by atoms with E-state index in [0.717, 1.165) is 53.4 Å². The van der Waals surface area contributed by atoms with Crippen molar-refractivity contribution in [3.8, 4) is 0 Å². The Morgan fingerprint density at radius 3 is 3.00 bits per heavy atom. The Morgan fingerprint density at radius 2 is 2.28 bits per heavy atom. The summed E-state index contributed by atoms with van der Waals surface area (Å²) in [5, 5.41) is 6.65. The molecule has 6 nitrogen and oxygen atoms in total. The summed E-state index contributed by atoms with van der Waals surface area (Å²) in [6.07, 6.45) is 6.76. The van der Waals surface area contributed by atoms with Crippen LogP contribution in [0.2, 0.25) is 0 Å². The second kappa shape index (κ2) is 5.85. The number of aromatic nitrogens is 2. The second-order valence-corrected chi connectivity index (χ2v) is 8.00. The minimum Gasteiger partial charge on any atom is -0.492 e. The first-order chi connectivity index (χ1) is 12.2. The topological polar surface area (TPSA) is 70.6 Å². The molecule has 25 heavy (non-hydrogen) atoms. The number of thioether (sulfide) groups is 1. The van der Waals surface area contributed by atoms with E-state index < -0.39 is 0 Å². The molecule has 1 saturated heterocycles. The van der Waals surface area contributed by atoms with Crippen molar-refractivity contribution in [3.05, 3.63) is 34.9 Å². The highest BCUT2D eigenvalue weighted by Crippen LogP contribution is 2.52. The maximum atomic E-state index is 12.8. The van der Waals surface area contributed by atoms with Crippen LogP contribution >= 0.6 is 11.8 Å². The van der Waals surface area contributed by atoms with Gasteiger partial charge in [0.05, 0.1) is 23.4 Å². The van der Waals surface area contributed by atoms with Gasteiger partial charge in [0.25, 0.3) is 5.91 Å². The van der Waals surface area contributed by atoms with Crippen molar-refractivity contribution in [1.82, 2.24) is 15.1 Å². The molecule has 5 heterocycles. The van der Waals surface area contributed by atoms with Crippen molar-refractivity contribution in [2.75, 3.05) is 19.7 Å². The Hall–Kier alpha value is -1.86. The lowest BCUT2D eigenvalue weighted by molar-refractivity contribution is -0.116. The average molecular weight is 356 g/mol. The van der Waals surface area contributed by atoms with Gasteiger partial charge in [-0.25, -0.2) is 4.99 Å². The van der Waals surface area contributed by atoms with Gasteiger partial charge in [0.15, 0.2) is 0 Å². The van der Waals surface area contributed by atoms with Crippen LogP contribution in [0, 0.1) is 0 Å². The summed E-state index contributed by atoms with van der Waals surface area (Å²) in [6.45, 7) is 5.03. The zero-order valence-electron chi connectivity index (χ0n) is 14.1. The summed E-state index contributed by atoms with van der Waals surface area (Å²) in [5.74, 6) is 0.827. The number of likely N-dealkylation sites (tertiary alicyclic amines) is 1. The van der Waals surface area contributed by atoms with E-state index >= 15 is 0 Å². The molecule has 1 fully saturated rings. The number of nitrogens with one attached hydrogen (secondary N) is 1. The van der Waals surface area contributed by atoms with Gasteiger partial charge in [0.2, 0.25) is 0 Å². The lowest BCUT2D eigenvalue weighted by Crippen LogP contribution is -2.49. The molecule has 1 N–H and O–H groups in total. The molecule has 1 amide bonds. The highest BCUT2D eigenvalue weighted by Gasteiger charge is 2.45. The molecule has 1 aromatic heterocycles. The number of ether oxygens (including phenoxy) is 1. The normalized spacial score (nSPS) is 27.5. The first kappa shape index (κ1) is 15.4. The summed E-state index contributed by atoms with van der Waals surface area (Å²) >= 11 is 1.55. The Labute approximate surface area is 150 Å². The van der Waals surface area contributed by atoms with Crippen LogP contribution in [0.15, 0.2) is 34.3 Å². The molecule has 4 aliphatic heterocycles. The average Bonchev–Trinajstić information content (AvgIpc) is 3.14. The lowest BCUT2D eigenvalue weighted by Gasteiger charge is -2.38. The minimum absolute atomic E-state index is 0.0485. The SMILES string of the molecule is C[C@@H](C1=NC(=O)C2SC(c3cn[nH]c3)=C3OCCCC1=C32)N1CCC1. The van der Waals surface area contributed by atoms with Crippen molar-refractivity contribution >= 4 is 28.3 Å². The summed E-state index contributed by atoms with van der Waals surface area (Å²) in [7, 11) is 0. The van der Waals surface area contributed by atoms with Gasteiger partial charge in [0, 0.05) is 36.5 Å². The molecule has 0 spiro atoms. The Morgan fingerprint density at radius 1 is 1.40 bits per heavy atom. The zero-order valence-corrected chi connectivity index (χ0v) is 14.9. The quantitative estimate of drug-likeness (QED) is 0.900. The van der Waals surface area contributed by atoms with Gasteiger partial charge in [-0.2, -0.15) is 5.10 Å². The third-order valence-electron chi connectivity index (χ3n) is 5.45. The van der Waals surface area contributed by atoms with Crippen LogP contribution in [-0.2, 0) is 9.53 Å². The number of aromatic amines is 1. The van der Waals surface area contributed by atoms with Crippen LogP contribution in [0.3, 0.4) is 0 Å². The van der Waals surface area contributed by atoms with Crippen LogP contribution in [0.25, 0.3) is 4.91 Å². The monoisotopic (exact) mass is 356 g/mol. The van der Waals surface area contributed by atoms with E-state index in [-0.39, 0.29) is 17.2 Å². The molecule has 0 saturated carbocycles. The summed E-state index contributed by atoms with van der Waals surface area (Å²) in [4.78, 5) is 20.8. The first-order valence-corrected chi connectivity index (χ1v) is 9.75. The highest BCUT2D eigenvalue weighted by atomic mass is 32.2. The number of H-pyrrole nitrogens is 1. The molecule has 2 atom stereocenters. The third kappa shape index (κ3) is 2.33. The number of carbonyl (C=O) groups is 1. The number of carbonyl (C=O) groups excluding carboxylic acids is 1. The fourth-order valence-electron chi connectivity index (χ4n) is 3.97. The standard InChI is InChI=1S/C18H20N4O2S/c1-10(22-5-3-6-22)14-12-4-2-7-24-15-13(12)17(18(23)21-14)25-16(15)11-8-19-20-9-11/h8-10,17H,2-7H2,1H3,(H,19,20)/t10-,17?/m0/s1. The van der Waals surface area contributed by atoms with E-state index in [1.807, 2.05) is 6.20 Å². The van der Waals surface area contributed by atoms with E-state index in [2.05, 4.69) is 27.0 Å². The predicted molar refractivity (Wildman–Crippen MR) is 97.2 cm³/mol. The molecule has 0 aromatic carbocycles. The predicted octanol–water partition coefficient (Wildman–Crippen LogP) is 2.38. The van der Waals surface area contributed by atoms with E-state index in [1.54, 1.807) is 18.0 Å². The van der Waals surface area contributed by atoms with Crippen LogP contribution in [-0.4, -0.2) is 57.7 Å². The fraction of sp³-hybridized carbons (Fsp3) is 0.500. The Balaban J connectivity index is 1.63. The molecule has 7 heteroatoms. The minimum atomic E-state index is -0.264. The molecule has 1 aromatic rings. The molecule has 5 rings (SSSR count). The van der Waals surface area contributed by atoms with Gasteiger partial charge in [-0.1, -0.05) is 0 Å². The molecule has 0 radical (unpaired) electrons. The van der Waals surface area contributed by atoms with Crippen molar-refractivity contribution in [2.45, 2.75) is 37.5 Å². The molecule has 0 aliphatic carbocycles. The number of nitrogens with zero attached hydrogens (tertiary/aromatic N) is 3. The van der Waals surface area contributed by atoms with Crippen LogP contribution in [0.5, 0.6) is 0 Å². The summed E-state index contributed by atoms with van der Waals surface area (Å²) in [6, 6.07) is 0.198. The van der Waals surface area contributed by atoms with Gasteiger partial charge < -0.3 is 4.74 Å².